The van der Waals surface area contributed by atoms with Gasteiger partial charge in [0.2, 0.25) is 11.7 Å². The molecule has 0 saturated heterocycles. The Morgan fingerprint density at radius 3 is 2.72 bits per heavy atom. The molecule has 3 heterocycles. The van der Waals surface area contributed by atoms with Crippen LogP contribution in [-0.4, -0.2) is 33.7 Å². The van der Waals surface area contributed by atoms with Crippen molar-refractivity contribution >= 4 is 13.3 Å². The molecule has 124 valence electrons. The van der Waals surface area contributed by atoms with Crippen LogP contribution in [0.2, 0.25) is 0 Å². The molecule has 4 rings (SSSR count). The molecule has 2 aromatic heterocycles. The Balaban J connectivity index is 1.67. The van der Waals surface area contributed by atoms with Crippen LogP contribution in [0.3, 0.4) is 0 Å². The molecular weight excluding hydrogens is 317 g/mol. The Bertz CT molecular complexity index is 922. The minimum Gasteiger partial charge on any atom is -0.471 e. The number of rotatable bonds is 2. The lowest BCUT2D eigenvalue weighted by molar-refractivity contribution is 0.00734. The van der Waals surface area contributed by atoms with Crippen molar-refractivity contribution < 1.29 is 14.4 Å². The SMILES string of the molecule is [B]c1ccc(-c2noc(-c3cnc4c(c3)C(O)CC(C)(C)O4)n2)cc1. The molecule has 6 nitrogen and oxygen atoms in total. The van der Waals surface area contributed by atoms with Gasteiger partial charge in [0.05, 0.1) is 11.7 Å². The quantitative estimate of drug-likeness (QED) is 0.724. The Kier molecular flexibility index (Phi) is 3.61. The number of benzene rings is 1. The molecule has 1 N–H and O–H groups in total. The first-order valence-electron chi connectivity index (χ1n) is 7.98. The van der Waals surface area contributed by atoms with Gasteiger partial charge < -0.3 is 14.4 Å². The second kappa shape index (κ2) is 5.70. The number of pyridine rings is 1. The zero-order chi connectivity index (χ0) is 17.6. The Labute approximate surface area is 146 Å². The topological polar surface area (TPSA) is 81.3 Å². The summed E-state index contributed by atoms with van der Waals surface area (Å²) in [5.41, 5.74) is 2.29. The predicted octanol–water partition coefficient (Wildman–Crippen LogP) is 2.19. The molecule has 0 aliphatic carbocycles. The maximum atomic E-state index is 10.4. The molecule has 1 aromatic carbocycles. The van der Waals surface area contributed by atoms with Gasteiger partial charge in [-0.2, -0.15) is 4.98 Å². The smallest absolute Gasteiger partial charge is 0.259 e. The van der Waals surface area contributed by atoms with Gasteiger partial charge in [-0.15, -0.1) is 0 Å². The number of nitrogens with zero attached hydrogens (tertiary/aromatic N) is 3. The molecule has 0 bridgehead atoms. The second-order valence-corrected chi connectivity index (χ2v) is 6.75. The highest BCUT2D eigenvalue weighted by atomic mass is 16.5. The summed E-state index contributed by atoms with van der Waals surface area (Å²) in [6, 6.07) is 8.99. The highest BCUT2D eigenvalue weighted by Gasteiger charge is 2.34. The van der Waals surface area contributed by atoms with Gasteiger partial charge in [-0.1, -0.05) is 34.9 Å². The number of aliphatic hydroxyl groups is 1. The van der Waals surface area contributed by atoms with Gasteiger partial charge in [-0.25, -0.2) is 4.98 Å². The highest BCUT2D eigenvalue weighted by Crippen LogP contribution is 2.39. The summed E-state index contributed by atoms with van der Waals surface area (Å²) < 4.78 is 11.2. The lowest BCUT2D eigenvalue weighted by Crippen LogP contribution is -2.35. The Hall–Kier alpha value is -2.67. The molecule has 0 fully saturated rings. The van der Waals surface area contributed by atoms with Crippen LogP contribution < -0.4 is 10.2 Å². The van der Waals surface area contributed by atoms with E-state index in [9.17, 15) is 5.11 Å². The fourth-order valence-electron chi connectivity index (χ4n) is 2.88. The Morgan fingerprint density at radius 2 is 1.96 bits per heavy atom. The standard InChI is InChI=1S/C18H16BN3O3/c1-18(2)8-14(23)13-7-11(9-20-17(13)24-18)16-21-15(22-25-16)10-3-5-12(19)6-4-10/h3-7,9,14,23H,8H2,1-2H3. The summed E-state index contributed by atoms with van der Waals surface area (Å²) in [5, 5.41) is 14.4. The van der Waals surface area contributed by atoms with Gasteiger partial charge in [-0.3, -0.25) is 0 Å². The van der Waals surface area contributed by atoms with E-state index in [0.29, 0.717) is 40.6 Å². The van der Waals surface area contributed by atoms with Gasteiger partial charge in [0.25, 0.3) is 5.89 Å². The molecule has 0 saturated carbocycles. The van der Waals surface area contributed by atoms with E-state index in [4.69, 9.17) is 17.1 Å². The van der Waals surface area contributed by atoms with Crippen LogP contribution in [0.1, 0.15) is 31.9 Å². The molecule has 2 radical (unpaired) electrons. The molecule has 3 aromatic rings. The number of ether oxygens (including phenoxy) is 1. The third kappa shape index (κ3) is 3.03. The minimum atomic E-state index is -0.648. The minimum absolute atomic E-state index is 0.333. The number of fused-ring (bicyclic) bond motifs is 1. The zero-order valence-electron chi connectivity index (χ0n) is 13.9. The molecule has 25 heavy (non-hydrogen) atoms. The molecule has 0 amide bonds. The van der Waals surface area contributed by atoms with Crippen molar-refractivity contribution in [2.45, 2.75) is 32.0 Å². The predicted molar refractivity (Wildman–Crippen MR) is 92.6 cm³/mol. The van der Waals surface area contributed by atoms with Gasteiger partial charge in [-0.05, 0) is 19.9 Å². The number of hydrogen-bond donors (Lipinski definition) is 1. The third-order valence-corrected chi connectivity index (χ3v) is 4.14. The van der Waals surface area contributed by atoms with E-state index in [1.807, 2.05) is 26.0 Å². The van der Waals surface area contributed by atoms with Gasteiger partial charge >= 0.3 is 0 Å². The fraction of sp³-hybridized carbons (Fsp3) is 0.278. The number of aliphatic hydroxyl groups excluding tert-OH is 1. The van der Waals surface area contributed by atoms with Gasteiger partial charge in [0.1, 0.15) is 13.4 Å². The average molecular weight is 333 g/mol. The molecule has 0 spiro atoms. The molecule has 1 unspecified atom stereocenters. The number of aromatic nitrogens is 3. The third-order valence-electron chi connectivity index (χ3n) is 4.14. The second-order valence-electron chi connectivity index (χ2n) is 6.75. The van der Waals surface area contributed by atoms with Crippen molar-refractivity contribution in [3.05, 3.63) is 42.1 Å². The van der Waals surface area contributed by atoms with E-state index >= 15 is 0 Å². The van der Waals surface area contributed by atoms with Crippen LogP contribution in [0.25, 0.3) is 22.8 Å². The van der Waals surface area contributed by atoms with Crippen LogP contribution in [0.5, 0.6) is 5.88 Å². The molecular formula is C18H16BN3O3. The van der Waals surface area contributed by atoms with Crippen molar-refractivity contribution in [1.82, 2.24) is 15.1 Å². The van der Waals surface area contributed by atoms with Crippen LogP contribution in [-0.2, 0) is 0 Å². The highest BCUT2D eigenvalue weighted by molar-refractivity contribution is 6.32. The van der Waals surface area contributed by atoms with Crippen LogP contribution in [0.4, 0.5) is 0 Å². The summed E-state index contributed by atoms with van der Waals surface area (Å²) in [5.74, 6) is 1.23. The van der Waals surface area contributed by atoms with Crippen LogP contribution in [0, 0.1) is 0 Å². The maximum Gasteiger partial charge on any atom is 0.259 e. The van der Waals surface area contributed by atoms with Crippen molar-refractivity contribution in [3.63, 3.8) is 0 Å². The zero-order valence-corrected chi connectivity index (χ0v) is 13.9. The molecule has 7 heteroatoms. The molecule has 1 aliphatic heterocycles. The average Bonchev–Trinajstić information content (AvgIpc) is 3.04. The maximum absolute atomic E-state index is 10.4. The molecule has 1 aliphatic rings. The summed E-state index contributed by atoms with van der Waals surface area (Å²) in [7, 11) is 5.69. The van der Waals surface area contributed by atoms with Crippen LogP contribution >= 0.6 is 0 Å². The fourth-order valence-corrected chi connectivity index (χ4v) is 2.88. The summed E-state index contributed by atoms with van der Waals surface area (Å²) >= 11 is 0. The lowest BCUT2D eigenvalue weighted by atomic mass is 9.93. The first kappa shape index (κ1) is 15.8. The van der Waals surface area contributed by atoms with E-state index < -0.39 is 11.7 Å². The van der Waals surface area contributed by atoms with Crippen molar-refractivity contribution in [1.29, 1.82) is 0 Å². The van der Waals surface area contributed by atoms with E-state index in [0.717, 1.165) is 5.56 Å². The first-order chi connectivity index (χ1) is 11.9. The van der Waals surface area contributed by atoms with E-state index in [1.54, 1.807) is 24.4 Å². The lowest BCUT2D eigenvalue weighted by Gasteiger charge is -2.34. The number of hydrogen-bond acceptors (Lipinski definition) is 6. The van der Waals surface area contributed by atoms with Crippen molar-refractivity contribution in [2.24, 2.45) is 0 Å². The first-order valence-corrected chi connectivity index (χ1v) is 7.98. The Morgan fingerprint density at radius 1 is 1.20 bits per heavy atom. The van der Waals surface area contributed by atoms with Gasteiger partial charge in [0.15, 0.2) is 0 Å². The normalized spacial score (nSPS) is 18.4. The monoisotopic (exact) mass is 333 g/mol. The van der Waals surface area contributed by atoms with Gasteiger partial charge in [0, 0.05) is 23.7 Å². The van der Waals surface area contributed by atoms with E-state index in [-0.39, 0.29) is 0 Å². The largest absolute Gasteiger partial charge is 0.471 e. The summed E-state index contributed by atoms with van der Waals surface area (Å²) in [6.07, 6.45) is 1.45. The van der Waals surface area contributed by atoms with E-state index in [1.165, 1.54) is 0 Å². The summed E-state index contributed by atoms with van der Waals surface area (Å²) in [4.78, 5) is 8.71. The van der Waals surface area contributed by atoms with E-state index in [2.05, 4.69) is 15.1 Å². The molecule has 1 atom stereocenters. The van der Waals surface area contributed by atoms with Crippen LogP contribution in [0.15, 0.2) is 41.1 Å². The summed E-state index contributed by atoms with van der Waals surface area (Å²) in [6.45, 7) is 3.84. The van der Waals surface area contributed by atoms with Crippen molar-refractivity contribution in [3.8, 4) is 28.7 Å². The van der Waals surface area contributed by atoms with Crippen molar-refractivity contribution in [2.75, 3.05) is 0 Å².